The van der Waals surface area contributed by atoms with Gasteiger partial charge in [-0.15, -0.1) is 0 Å². The number of piperidine rings is 1. The van der Waals surface area contributed by atoms with Gasteiger partial charge in [0.25, 0.3) is 0 Å². The molecule has 1 aliphatic carbocycles. The molecule has 2 nitrogen and oxygen atoms in total. The van der Waals surface area contributed by atoms with Crippen LogP contribution < -0.4 is 5.32 Å². The summed E-state index contributed by atoms with van der Waals surface area (Å²) in [5.74, 6) is 0.844. The molecule has 0 aromatic heterocycles. The van der Waals surface area contributed by atoms with Crippen LogP contribution in [-0.4, -0.2) is 36.6 Å². The lowest BCUT2D eigenvalue weighted by molar-refractivity contribution is 0.175. The molecule has 1 saturated heterocycles. The van der Waals surface area contributed by atoms with E-state index in [-0.39, 0.29) is 0 Å². The molecule has 1 aliphatic heterocycles. The van der Waals surface area contributed by atoms with Crippen LogP contribution in [0.4, 0.5) is 0 Å². The highest BCUT2D eigenvalue weighted by Crippen LogP contribution is 2.25. The molecule has 2 heteroatoms. The summed E-state index contributed by atoms with van der Waals surface area (Å²) in [6.45, 7) is 8.62. The Labute approximate surface area is 120 Å². The first-order valence-electron chi connectivity index (χ1n) is 8.73. The Bertz CT molecular complexity index is 227. The van der Waals surface area contributed by atoms with Crippen LogP contribution in [0.15, 0.2) is 0 Å². The van der Waals surface area contributed by atoms with Gasteiger partial charge < -0.3 is 10.2 Å². The molecule has 112 valence electrons. The van der Waals surface area contributed by atoms with Crippen LogP contribution in [0.25, 0.3) is 0 Å². The van der Waals surface area contributed by atoms with Gasteiger partial charge in [-0.2, -0.15) is 0 Å². The molecule has 1 N–H and O–H groups in total. The SMILES string of the molecule is CC(C)CCN(CCC1CCCCN1)C1CCCC1. The Balaban J connectivity index is 1.74. The molecule has 0 bridgehead atoms. The average Bonchev–Trinajstić information content (AvgIpc) is 2.93. The molecule has 2 fully saturated rings. The maximum atomic E-state index is 3.70. The van der Waals surface area contributed by atoms with Crippen molar-refractivity contribution in [2.45, 2.75) is 83.7 Å². The number of hydrogen-bond acceptors (Lipinski definition) is 2. The van der Waals surface area contributed by atoms with Gasteiger partial charge in [-0.25, -0.2) is 0 Å². The van der Waals surface area contributed by atoms with E-state index < -0.39 is 0 Å². The van der Waals surface area contributed by atoms with Crippen molar-refractivity contribution in [2.75, 3.05) is 19.6 Å². The first kappa shape index (κ1) is 15.3. The first-order valence-corrected chi connectivity index (χ1v) is 8.73. The molecular formula is C17H34N2. The molecular weight excluding hydrogens is 232 g/mol. The quantitative estimate of drug-likeness (QED) is 0.754. The second-order valence-corrected chi connectivity index (χ2v) is 7.09. The largest absolute Gasteiger partial charge is 0.314 e. The summed E-state index contributed by atoms with van der Waals surface area (Å²) in [6, 6.07) is 1.71. The lowest BCUT2D eigenvalue weighted by atomic mass is 10.0. The van der Waals surface area contributed by atoms with Crippen LogP contribution in [-0.2, 0) is 0 Å². The minimum absolute atomic E-state index is 0.803. The average molecular weight is 266 g/mol. The van der Waals surface area contributed by atoms with Crippen LogP contribution in [0.2, 0.25) is 0 Å². The number of hydrogen-bond donors (Lipinski definition) is 1. The van der Waals surface area contributed by atoms with Gasteiger partial charge in [-0.3, -0.25) is 0 Å². The van der Waals surface area contributed by atoms with Crippen LogP contribution in [0.5, 0.6) is 0 Å². The second-order valence-electron chi connectivity index (χ2n) is 7.09. The van der Waals surface area contributed by atoms with Gasteiger partial charge in [0.2, 0.25) is 0 Å². The van der Waals surface area contributed by atoms with Gasteiger partial charge in [-0.1, -0.05) is 33.1 Å². The van der Waals surface area contributed by atoms with Crippen molar-refractivity contribution in [2.24, 2.45) is 5.92 Å². The zero-order valence-electron chi connectivity index (χ0n) is 13.2. The highest BCUT2D eigenvalue weighted by molar-refractivity contribution is 4.80. The van der Waals surface area contributed by atoms with E-state index in [9.17, 15) is 0 Å². The van der Waals surface area contributed by atoms with Crippen molar-refractivity contribution < 1.29 is 0 Å². The number of rotatable bonds is 7. The first-order chi connectivity index (χ1) is 9.25. The number of nitrogens with one attached hydrogen (secondary N) is 1. The van der Waals surface area contributed by atoms with Crippen LogP contribution in [0, 0.1) is 5.92 Å². The van der Waals surface area contributed by atoms with Gasteiger partial charge >= 0.3 is 0 Å². The molecule has 0 aromatic carbocycles. The fourth-order valence-electron chi connectivity index (χ4n) is 3.66. The summed E-state index contributed by atoms with van der Waals surface area (Å²) in [5, 5.41) is 3.70. The summed E-state index contributed by atoms with van der Waals surface area (Å²) >= 11 is 0. The smallest absolute Gasteiger partial charge is 0.00952 e. The Morgan fingerprint density at radius 1 is 1.00 bits per heavy atom. The molecule has 0 spiro atoms. The third-order valence-corrected chi connectivity index (χ3v) is 5.01. The maximum absolute atomic E-state index is 3.70. The van der Waals surface area contributed by atoms with E-state index in [2.05, 4.69) is 24.1 Å². The van der Waals surface area contributed by atoms with E-state index in [0.717, 1.165) is 18.0 Å². The molecule has 0 amide bonds. The predicted molar refractivity (Wildman–Crippen MR) is 83.5 cm³/mol. The molecule has 1 atom stereocenters. The minimum Gasteiger partial charge on any atom is -0.314 e. The highest BCUT2D eigenvalue weighted by Gasteiger charge is 2.23. The zero-order valence-corrected chi connectivity index (χ0v) is 13.2. The number of nitrogens with zero attached hydrogens (tertiary/aromatic N) is 1. The van der Waals surface area contributed by atoms with E-state index in [1.54, 1.807) is 0 Å². The molecule has 1 unspecified atom stereocenters. The second kappa shape index (κ2) is 8.26. The maximum Gasteiger partial charge on any atom is 0.00952 e. The normalized spacial score (nSPS) is 25.6. The minimum atomic E-state index is 0.803. The lowest BCUT2D eigenvalue weighted by Gasteiger charge is -2.32. The Kier molecular flexibility index (Phi) is 6.66. The van der Waals surface area contributed by atoms with E-state index in [4.69, 9.17) is 0 Å². The molecule has 0 aromatic rings. The molecule has 2 rings (SSSR count). The Hall–Kier alpha value is -0.0800. The highest BCUT2D eigenvalue weighted by atomic mass is 15.2. The summed E-state index contributed by atoms with van der Waals surface area (Å²) in [7, 11) is 0. The van der Waals surface area contributed by atoms with Crippen molar-refractivity contribution in [3.63, 3.8) is 0 Å². The van der Waals surface area contributed by atoms with Crippen molar-refractivity contribution in [3.05, 3.63) is 0 Å². The summed E-state index contributed by atoms with van der Waals surface area (Å²) in [4.78, 5) is 2.82. The van der Waals surface area contributed by atoms with Crippen LogP contribution in [0.3, 0.4) is 0 Å². The van der Waals surface area contributed by atoms with E-state index in [1.807, 2.05) is 0 Å². The Morgan fingerprint density at radius 2 is 1.74 bits per heavy atom. The standard InChI is InChI=1S/C17H34N2/c1-15(2)10-13-19(17-8-3-4-9-17)14-11-16-7-5-6-12-18-16/h15-18H,3-14H2,1-2H3. The lowest BCUT2D eigenvalue weighted by Crippen LogP contribution is -2.41. The van der Waals surface area contributed by atoms with Crippen molar-refractivity contribution in [1.29, 1.82) is 0 Å². The van der Waals surface area contributed by atoms with E-state index in [0.29, 0.717) is 0 Å². The van der Waals surface area contributed by atoms with Gasteiger partial charge in [0.1, 0.15) is 0 Å². The molecule has 1 saturated carbocycles. The summed E-state index contributed by atoms with van der Waals surface area (Å²) in [5.41, 5.74) is 0. The Morgan fingerprint density at radius 3 is 2.37 bits per heavy atom. The van der Waals surface area contributed by atoms with Gasteiger partial charge in [0.05, 0.1) is 0 Å². The predicted octanol–water partition coefficient (Wildman–Crippen LogP) is 3.81. The molecule has 0 radical (unpaired) electrons. The molecule has 1 heterocycles. The fraction of sp³-hybridized carbons (Fsp3) is 1.00. The van der Waals surface area contributed by atoms with E-state index >= 15 is 0 Å². The fourth-order valence-corrected chi connectivity index (χ4v) is 3.66. The topological polar surface area (TPSA) is 15.3 Å². The van der Waals surface area contributed by atoms with Crippen LogP contribution in [0.1, 0.15) is 71.6 Å². The van der Waals surface area contributed by atoms with Crippen LogP contribution >= 0.6 is 0 Å². The van der Waals surface area contributed by atoms with Gasteiger partial charge in [-0.05, 0) is 64.1 Å². The van der Waals surface area contributed by atoms with Gasteiger partial charge in [0.15, 0.2) is 0 Å². The van der Waals surface area contributed by atoms with Gasteiger partial charge in [0, 0.05) is 12.1 Å². The molecule has 19 heavy (non-hydrogen) atoms. The third-order valence-electron chi connectivity index (χ3n) is 5.01. The van der Waals surface area contributed by atoms with Crippen molar-refractivity contribution in [1.82, 2.24) is 10.2 Å². The van der Waals surface area contributed by atoms with Crippen molar-refractivity contribution in [3.8, 4) is 0 Å². The summed E-state index contributed by atoms with van der Waals surface area (Å²) < 4.78 is 0. The summed E-state index contributed by atoms with van der Waals surface area (Å²) in [6.07, 6.45) is 12.8. The van der Waals surface area contributed by atoms with E-state index in [1.165, 1.54) is 77.4 Å². The monoisotopic (exact) mass is 266 g/mol. The third kappa shape index (κ3) is 5.43. The molecule has 2 aliphatic rings. The van der Waals surface area contributed by atoms with Crippen molar-refractivity contribution >= 4 is 0 Å². The zero-order chi connectivity index (χ0) is 13.5.